The van der Waals surface area contributed by atoms with Crippen LogP contribution in [0, 0.1) is 19.8 Å². The van der Waals surface area contributed by atoms with Crippen molar-refractivity contribution in [1.29, 1.82) is 0 Å². The highest BCUT2D eigenvalue weighted by atomic mass is 35.5. The van der Waals surface area contributed by atoms with E-state index in [9.17, 15) is 13.2 Å². The Morgan fingerprint density at radius 1 is 1.25 bits per heavy atom. The monoisotopic (exact) mass is 482 g/mol. The van der Waals surface area contributed by atoms with Crippen LogP contribution in [0.4, 0.5) is 5.69 Å². The largest absolute Gasteiger partial charge is 0.379 e. The summed E-state index contributed by atoms with van der Waals surface area (Å²) in [6.45, 7) is 10.4. The van der Waals surface area contributed by atoms with Gasteiger partial charge >= 0.3 is 0 Å². The van der Waals surface area contributed by atoms with Crippen molar-refractivity contribution < 1.29 is 17.9 Å². The predicted octanol–water partition coefficient (Wildman–Crippen LogP) is 3.40. The lowest BCUT2D eigenvalue weighted by atomic mass is 10.1. The molecule has 1 amide bonds. The minimum Gasteiger partial charge on any atom is -0.379 e. The Morgan fingerprint density at radius 2 is 1.94 bits per heavy atom. The molecule has 2 heterocycles. The summed E-state index contributed by atoms with van der Waals surface area (Å²) in [5.41, 5.74) is 3.48. The number of nitrogens with one attached hydrogen (secondary N) is 1. The highest BCUT2D eigenvalue weighted by Gasteiger charge is 2.28. The van der Waals surface area contributed by atoms with Crippen molar-refractivity contribution >= 4 is 33.2 Å². The van der Waals surface area contributed by atoms with Crippen LogP contribution in [0.1, 0.15) is 37.2 Å². The molecule has 176 valence electrons. The molecule has 0 saturated carbocycles. The second-order valence-electron chi connectivity index (χ2n) is 8.44. The average molecular weight is 483 g/mol. The average Bonchev–Trinajstić information content (AvgIpc) is 3.00. The third-order valence-corrected chi connectivity index (χ3v) is 7.85. The van der Waals surface area contributed by atoms with Crippen LogP contribution in [0.2, 0.25) is 5.02 Å². The Kier molecular flexibility index (Phi) is 7.97. The van der Waals surface area contributed by atoms with Gasteiger partial charge in [0, 0.05) is 37.4 Å². The van der Waals surface area contributed by atoms with Gasteiger partial charge in [0.2, 0.25) is 15.9 Å². The molecule has 0 atom stereocenters. The summed E-state index contributed by atoms with van der Waals surface area (Å²) in [7, 11) is -3.77. The summed E-state index contributed by atoms with van der Waals surface area (Å²) >= 11 is 6.19. The minimum absolute atomic E-state index is 0.0134. The summed E-state index contributed by atoms with van der Waals surface area (Å²) in [4.78, 5) is 12.6. The summed E-state index contributed by atoms with van der Waals surface area (Å²) in [5, 5.41) is 7.52. The highest BCUT2D eigenvalue weighted by Crippen LogP contribution is 2.28. The molecule has 0 radical (unpaired) electrons. The zero-order chi connectivity index (χ0) is 23.5. The summed E-state index contributed by atoms with van der Waals surface area (Å²) in [6, 6.07) is 4.52. The van der Waals surface area contributed by atoms with E-state index in [0.717, 1.165) is 23.5 Å². The van der Waals surface area contributed by atoms with E-state index in [1.54, 1.807) is 6.07 Å². The lowest BCUT2D eigenvalue weighted by molar-refractivity contribution is -0.116. The molecule has 1 aliphatic heterocycles. The third-order valence-electron chi connectivity index (χ3n) is 5.47. The number of sulfonamides is 1. The van der Waals surface area contributed by atoms with Gasteiger partial charge in [-0.3, -0.25) is 9.48 Å². The molecule has 1 aliphatic rings. The van der Waals surface area contributed by atoms with Crippen molar-refractivity contribution in [3.63, 3.8) is 0 Å². The second kappa shape index (κ2) is 10.3. The molecule has 8 nitrogen and oxygen atoms in total. The van der Waals surface area contributed by atoms with Crippen molar-refractivity contribution in [2.45, 2.75) is 52.0 Å². The van der Waals surface area contributed by atoms with Gasteiger partial charge in [-0.05, 0) is 49.9 Å². The number of aromatic nitrogens is 2. The lowest BCUT2D eigenvalue weighted by Gasteiger charge is -2.26. The van der Waals surface area contributed by atoms with Gasteiger partial charge in [0.15, 0.2) is 0 Å². The molecule has 0 bridgehead atoms. The van der Waals surface area contributed by atoms with Crippen LogP contribution >= 0.6 is 11.6 Å². The number of hydrogen-bond acceptors (Lipinski definition) is 5. The van der Waals surface area contributed by atoms with Gasteiger partial charge < -0.3 is 10.1 Å². The topological polar surface area (TPSA) is 93.5 Å². The van der Waals surface area contributed by atoms with Crippen LogP contribution in [0.15, 0.2) is 23.1 Å². The zero-order valence-corrected chi connectivity index (χ0v) is 20.6. The Bertz CT molecular complexity index is 1080. The second-order valence-corrected chi connectivity index (χ2v) is 10.7. The van der Waals surface area contributed by atoms with E-state index in [1.165, 1.54) is 16.4 Å². The minimum atomic E-state index is -3.77. The fourth-order valence-corrected chi connectivity index (χ4v) is 5.69. The van der Waals surface area contributed by atoms with Crippen LogP contribution in [0.25, 0.3) is 0 Å². The Hall–Kier alpha value is -1.94. The molecule has 10 heteroatoms. The molecular weight excluding hydrogens is 452 g/mol. The quantitative estimate of drug-likeness (QED) is 0.622. The SMILES string of the molecule is Cc1nn(CC(C)C)c(C)c1CCC(=O)Nc1ccc(Cl)c(S(=O)(=O)N2CCOCC2)c1. The number of morpholine rings is 1. The van der Waals surface area contributed by atoms with Crippen molar-refractivity contribution in [3.05, 3.63) is 40.2 Å². The number of halogens is 1. The van der Waals surface area contributed by atoms with Crippen LogP contribution in [0.5, 0.6) is 0 Å². The zero-order valence-electron chi connectivity index (χ0n) is 19.0. The van der Waals surface area contributed by atoms with Gasteiger partial charge in [0.1, 0.15) is 4.90 Å². The first-order chi connectivity index (χ1) is 15.1. The van der Waals surface area contributed by atoms with Crippen LogP contribution < -0.4 is 5.32 Å². The molecule has 1 aromatic carbocycles. The number of carbonyl (C=O) groups is 1. The lowest BCUT2D eigenvalue weighted by Crippen LogP contribution is -2.40. The third kappa shape index (κ3) is 5.70. The molecule has 3 rings (SSSR count). The van der Waals surface area contributed by atoms with E-state index in [1.807, 2.05) is 18.5 Å². The van der Waals surface area contributed by atoms with Crippen molar-refractivity contribution in [2.24, 2.45) is 5.92 Å². The number of ether oxygens (including phenoxy) is 1. The molecule has 0 spiro atoms. The number of aryl methyl sites for hydroxylation is 1. The number of benzene rings is 1. The molecule has 1 aromatic heterocycles. The van der Waals surface area contributed by atoms with Crippen LogP contribution in [-0.4, -0.2) is 54.7 Å². The molecule has 1 saturated heterocycles. The Balaban J connectivity index is 1.69. The number of rotatable bonds is 8. The standard InChI is InChI=1S/C22H31ClN4O4S/c1-15(2)14-27-17(4)19(16(3)25-27)6-8-22(28)24-18-5-7-20(23)21(13-18)32(29,30)26-9-11-31-12-10-26/h5,7,13,15H,6,8-12,14H2,1-4H3,(H,24,28). The van der Waals surface area contributed by atoms with E-state index in [4.69, 9.17) is 16.3 Å². The van der Waals surface area contributed by atoms with E-state index < -0.39 is 10.0 Å². The first-order valence-electron chi connectivity index (χ1n) is 10.8. The van der Waals surface area contributed by atoms with E-state index in [2.05, 4.69) is 24.3 Å². The fourth-order valence-electron chi connectivity index (χ4n) is 3.79. The summed E-state index contributed by atoms with van der Waals surface area (Å²) in [5.74, 6) is 0.287. The van der Waals surface area contributed by atoms with E-state index in [-0.39, 0.29) is 35.3 Å². The van der Waals surface area contributed by atoms with E-state index >= 15 is 0 Å². The van der Waals surface area contributed by atoms with Crippen LogP contribution in [0.3, 0.4) is 0 Å². The van der Waals surface area contributed by atoms with Crippen LogP contribution in [-0.2, 0) is 32.5 Å². The molecule has 1 N–H and O–H groups in total. The molecular formula is C22H31ClN4O4S. The van der Waals surface area contributed by atoms with Gasteiger partial charge in [0.25, 0.3) is 0 Å². The molecule has 0 aliphatic carbocycles. The maximum Gasteiger partial charge on any atom is 0.244 e. The van der Waals surface area contributed by atoms with Gasteiger partial charge in [-0.15, -0.1) is 0 Å². The van der Waals surface area contributed by atoms with Crippen molar-refractivity contribution in [2.75, 3.05) is 31.6 Å². The van der Waals surface area contributed by atoms with E-state index in [0.29, 0.717) is 31.2 Å². The van der Waals surface area contributed by atoms with Gasteiger partial charge in [-0.25, -0.2) is 8.42 Å². The normalized spacial score (nSPS) is 15.3. The molecule has 1 fully saturated rings. The first kappa shape index (κ1) is 24.7. The van der Waals surface area contributed by atoms with Crippen molar-refractivity contribution in [1.82, 2.24) is 14.1 Å². The number of anilines is 1. The smallest absolute Gasteiger partial charge is 0.244 e. The fraction of sp³-hybridized carbons (Fsp3) is 0.545. The number of hydrogen-bond donors (Lipinski definition) is 1. The van der Waals surface area contributed by atoms with Gasteiger partial charge in [-0.2, -0.15) is 9.40 Å². The Labute approximate surface area is 194 Å². The molecule has 0 unspecified atom stereocenters. The molecule has 2 aromatic rings. The maximum absolute atomic E-state index is 13.0. The highest BCUT2D eigenvalue weighted by molar-refractivity contribution is 7.89. The summed E-state index contributed by atoms with van der Waals surface area (Å²) in [6.07, 6.45) is 0.831. The molecule has 32 heavy (non-hydrogen) atoms. The van der Waals surface area contributed by atoms with Gasteiger partial charge in [-0.1, -0.05) is 25.4 Å². The first-order valence-corrected chi connectivity index (χ1v) is 12.6. The number of carbonyl (C=O) groups excluding carboxylic acids is 1. The van der Waals surface area contributed by atoms with Crippen molar-refractivity contribution in [3.8, 4) is 0 Å². The predicted molar refractivity (Wildman–Crippen MR) is 125 cm³/mol. The number of amides is 1. The van der Waals surface area contributed by atoms with Gasteiger partial charge in [0.05, 0.1) is 23.9 Å². The maximum atomic E-state index is 13.0. The number of nitrogens with zero attached hydrogens (tertiary/aromatic N) is 3. The Morgan fingerprint density at radius 3 is 2.59 bits per heavy atom. The summed E-state index contributed by atoms with van der Waals surface area (Å²) < 4.78 is 34.5.